The average molecular weight is 239 g/mol. The van der Waals surface area contributed by atoms with Crippen LogP contribution in [0.15, 0.2) is 23.0 Å². The molecule has 0 aliphatic heterocycles. The maximum absolute atomic E-state index is 11.5. The Labute approximate surface area is 99.6 Å². The number of hydrogen-bond donors (Lipinski definition) is 1. The van der Waals surface area contributed by atoms with Gasteiger partial charge >= 0.3 is 5.97 Å². The van der Waals surface area contributed by atoms with Crippen LogP contribution < -0.4 is 5.56 Å². The number of aliphatic hydroxyl groups excluding tert-OH is 1. The number of ether oxygens (including phenoxy) is 1. The van der Waals surface area contributed by atoms with Crippen molar-refractivity contribution in [2.45, 2.75) is 32.9 Å². The van der Waals surface area contributed by atoms with Crippen LogP contribution in [0.25, 0.3) is 0 Å². The Kier molecular flexibility index (Phi) is 4.90. The van der Waals surface area contributed by atoms with Crippen LogP contribution in [0, 0.1) is 6.92 Å². The monoisotopic (exact) mass is 239 g/mol. The van der Waals surface area contributed by atoms with Gasteiger partial charge in [-0.25, -0.2) is 0 Å². The molecule has 17 heavy (non-hydrogen) atoms. The molecule has 0 bridgehead atoms. The molecule has 0 saturated heterocycles. The minimum absolute atomic E-state index is 0.102. The highest BCUT2D eigenvalue weighted by molar-refractivity contribution is 5.69. The van der Waals surface area contributed by atoms with Crippen molar-refractivity contribution in [3.63, 3.8) is 0 Å². The molecule has 1 rings (SSSR count). The first-order chi connectivity index (χ1) is 8.04. The second-order valence-corrected chi connectivity index (χ2v) is 3.78. The largest absolute Gasteiger partial charge is 0.466 e. The summed E-state index contributed by atoms with van der Waals surface area (Å²) in [6.07, 6.45) is -1.01. The number of rotatable bonds is 5. The highest BCUT2D eigenvalue weighted by Crippen LogP contribution is 2.01. The van der Waals surface area contributed by atoms with Crippen LogP contribution in [0.5, 0.6) is 0 Å². The first-order valence-corrected chi connectivity index (χ1v) is 5.54. The Morgan fingerprint density at radius 2 is 2.24 bits per heavy atom. The van der Waals surface area contributed by atoms with E-state index in [2.05, 4.69) is 0 Å². The zero-order chi connectivity index (χ0) is 12.8. The molecule has 1 unspecified atom stereocenters. The lowest BCUT2D eigenvalue weighted by Gasteiger charge is -2.14. The van der Waals surface area contributed by atoms with Gasteiger partial charge in [-0.2, -0.15) is 0 Å². The smallest absolute Gasteiger partial charge is 0.308 e. The van der Waals surface area contributed by atoms with Crippen molar-refractivity contribution in [3.8, 4) is 0 Å². The molecule has 1 atom stereocenters. The summed E-state index contributed by atoms with van der Waals surface area (Å²) < 4.78 is 6.16. The average Bonchev–Trinajstić information content (AvgIpc) is 2.24. The summed E-state index contributed by atoms with van der Waals surface area (Å²) in [5.74, 6) is -0.457. The van der Waals surface area contributed by atoms with Gasteiger partial charge in [0.15, 0.2) is 0 Å². The van der Waals surface area contributed by atoms with Gasteiger partial charge in [0, 0.05) is 11.8 Å². The lowest BCUT2D eigenvalue weighted by Crippen LogP contribution is -2.29. The fourth-order valence-electron chi connectivity index (χ4n) is 1.55. The van der Waals surface area contributed by atoms with Crippen molar-refractivity contribution in [3.05, 3.63) is 34.2 Å². The van der Waals surface area contributed by atoms with Crippen molar-refractivity contribution >= 4 is 5.97 Å². The molecule has 0 amide bonds. The molecule has 0 aliphatic carbocycles. The third kappa shape index (κ3) is 4.03. The van der Waals surface area contributed by atoms with Crippen molar-refractivity contribution in [1.29, 1.82) is 0 Å². The summed E-state index contributed by atoms with van der Waals surface area (Å²) in [7, 11) is 0. The Morgan fingerprint density at radius 1 is 1.53 bits per heavy atom. The van der Waals surface area contributed by atoms with Gasteiger partial charge in [0.1, 0.15) is 0 Å². The quantitative estimate of drug-likeness (QED) is 0.758. The first kappa shape index (κ1) is 13.4. The Morgan fingerprint density at radius 3 is 2.82 bits per heavy atom. The molecular formula is C12H17NO4. The first-order valence-electron chi connectivity index (χ1n) is 5.54. The topological polar surface area (TPSA) is 68.5 Å². The van der Waals surface area contributed by atoms with Crippen LogP contribution in [0.1, 0.15) is 19.0 Å². The Bertz CT molecular complexity index is 438. The molecule has 0 saturated carbocycles. The van der Waals surface area contributed by atoms with Crippen molar-refractivity contribution in [1.82, 2.24) is 4.57 Å². The summed E-state index contributed by atoms with van der Waals surface area (Å²) in [5, 5.41) is 9.69. The van der Waals surface area contributed by atoms with Gasteiger partial charge in [0.25, 0.3) is 5.56 Å². The molecule has 0 aromatic carbocycles. The van der Waals surface area contributed by atoms with Crippen molar-refractivity contribution in [2.24, 2.45) is 0 Å². The molecule has 5 heteroatoms. The highest BCUT2D eigenvalue weighted by atomic mass is 16.5. The molecule has 1 aromatic heterocycles. The SMILES string of the molecule is CCOC(=O)CC(O)Cn1c(C)cccc1=O. The van der Waals surface area contributed by atoms with Crippen molar-refractivity contribution in [2.75, 3.05) is 6.61 Å². The molecule has 0 aliphatic rings. The number of carbonyl (C=O) groups is 1. The van der Waals surface area contributed by atoms with E-state index >= 15 is 0 Å². The van der Waals surface area contributed by atoms with Gasteiger partial charge in [-0.1, -0.05) is 6.07 Å². The van der Waals surface area contributed by atoms with E-state index in [4.69, 9.17) is 4.74 Å². The number of pyridine rings is 1. The van der Waals surface area contributed by atoms with E-state index in [1.807, 2.05) is 0 Å². The number of aryl methyl sites for hydroxylation is 1. The molecule has 1 heterocycles. The number of aromatic nitrogens is 1. The van der Waals surface area contributed by atoms with Gasteiger partial charge in [-0.05, 0) is 19.9 Å². The summed E-state index contributed by atoms with van der Waals surface area (Å²) in [4.78, 5) is 22.7. The van der Waals surface area contributed by atoms with Gasteiger partial charge in [0.05, 0.1) is 25.7 Å². The fraction of sp³-hybridized carbons (Fsp3) is 0.500. The van der Waals surface area contributed by atoms with Crippen LogP contribution >= 0.6 is 0 Å². The van der Waals surface area contributed by atoms with E-state index in [0.29, 0.717) is 0 Å². The van der Waals surface area contributed by atoms with Gasteiger partial charge in [-0.3, -0.25) is 9.59 Å². The second kappa shape index (κ2) is 6.20. The van der Waals surface area contributed by atoms with Crippen LogP contribution in [0.3, 0.4) is 0 Å². The number of nitrogens with zero attached hydrogens (tertiary/aromatic N) is 1. The molecule has 94 valence electrons. The van der Waals surface area contributed by atoms with E-state index in [0.717, 1.165) is 5.69 Å². The molecule has 5 nitrogen and oxygen atoms in total. The lowest BCUT2D eigenvalue weighted by atomic mass is 10.2. The van der Waals surface area contributed by atoms with Crippen LogP contribution in [0.2, 0.25) is 0 Å². The molecule has 1 aromatic rings. The molecule has 1 N–H and O–H groups in total. The van der Waals surface area contributed by atoms with Crippen molar-refractivity contribution < 1.29 is 14.6 Å². The minimum atomic E-state index is -0.909. The zero-order valence-corrected chi connectivity index (χ0v) is 10.0. The van der Waals surface area contributed by atoms with E-state index in [1.165, 1.54) is 10.6 Å². The van der Waals surface area contributed by atoms with Gasteiger partial charge in [0.2, 0.25) is 0 Å². The number of hydrogen-bond acceptors (Lipinski definition) is 4. The van der Waals surface area contributed by atoms with Gasteiger partial charge < -0.3 is 14.4 Å². The molecule has 0 spiro atoms. The van der Waals surface area contributed by atoms with E-state index in [9.17, 15) is 14.7 Å². The van der Waals surface area contributed by atoms with Crippen LogP contribution in [-0.4, -0.2) is 28.4 Å². The predicted molar refractivity (Wildman–Crippen MR) is 62.7 cm³/mol. The number of esters is 1. The lowest BCUT2D eigenvalue weighted by molar-refractivity contribution is -0.145. The molecule has 0 fully saturated rings. The van der Waals surface area contributed by atoms with E-state index < -0.39 is 12.1 Å². The molecular weight excluding hydrogens is 222 g/mol. The zero-order valence-electron chi connectivity index (χ0n) is 10.0. The third-order valence-corrected chi connectivity index (χ3v) is 2.37. The highest BCUT2D eigenvalue weighted by Gasteiger charge is 2.13. The summed E-state index contributed by atoms with van der Waals surface area (Å²) in [5.41, 5.74) is 0.563. The van der Waals surface area contributed by atoms with Crippen LogP contribution in [0.4, 0.5) is 0 Å². The van der Waals surface area contributed by atoms with E-state index in [1.54, 1.807) is 26.0 Å². The summed E-state index contributed by atoms with van der Waals surface area (Å²) in [6, 6.07) is 4.86. The maximum Gasteiger partial charge on any atom is 0.308 e. The summed E-state index contributed by atoms with van der Waals surface area (Å²) >= 11 is 0. The normalized spacial score (nSPS) is 12.2. The molecule has 0 radical (unpaired) electrons. The predicted octanol–water partition coefficient (Wildman–Crippen LogP) is 0.471. The minimum Gasteiger partial charge on any atom is -0.466 e. The Hall–Kier alpha value is -1.62. The fourth-order valence-corrected chi connectivity index (χ4v) is 1.55. The number of carbonyl (C=O) groups excluding carboxylic acids is 1. The summed E-state index contributed by atoms with van der Waals surface area (Å²) in [6.45, 7) is 3.87. The third-order valence-electron chi connectivity index (χ3n) is 2.37. The van der Waals surface area contributed by atoms with E-state index in [-0.39, 0.29) is 25.1 Å². The van der Waals surface area contributed by atoms with Crippen LogP contribution in [-0.2, 0) is 16.1 Å². The second-order valence-electron chi connectivity index (χ2n) is 3.78. The number of aliphatic hydroxyl groups is 1. The van der Waals surface area contributed by atoms with Gasteiger partial charge in [-0.15, -0.1) is 0 Å². The standard InChI is InChI=1S/C12H17NO4/c1-3-17-12(16)7-10(14)8-13-9(2)5-4-6-11(13)15/h4-6,10,14H,3,7-8H2,1-2H3. The maximum atomic E-state index is 11.5. The Balaban J connectivity index is 2.65.